The van der Waals surface area contributed by atoms with Crippen LogP contribution in [0.15, 0.2) is 85.1 Å². The molecule has 0 aliphatic carbocycles. The Hall–Kier alpha value is -6.59. The second kappa shape index (κ2) is 19.0. The van der Waals surface area contributed by atoms with E-state index in [1.54, 1.807) is 67.8 Å². The minimum atomic E-state index is -3.73. The molecule has 0 radical (unpaired) electrons. The molecule has 5 rings (SSSR count). The molecule has 0 saturated heterocycles. The van der Waals surface area contributed by atoms with Crippen LogP contribution in [0.25, 0.3) is 10.8 Å². The predicted molar refractivity (Wildman–Crippen MR) is 233 cm³/mol. The van der Waals surface area contributed by atoms with Crippen LogP contribution in [0.3, 0.4) is 0 Å². The number of likely N-dealkylation sites (N-methyl/N-ethyl adjacent to an activating group) is 1. The number of aromatic nitrogens is 1. The number of primary amides is 1. The first-order valence-corrected chi connectivity index (χ1v) is 20.9. The van der Waals surface area contributed by atoms with Crippen molar-refractivity contribution < 1.29 is 42.1 Å². The molecule has 0 bridgehead atoms. The smallest absolute Gasteiger partial charge is 0.324 e. The maximum Gasteiger partial charge on any atom is 0.324 e. The zero-order valence-corrected chi connectivity index (χ0v) is 35.4. The maximum atomic E-state index is 13.4. The summed E-state index contributed by atoms with van der Waals surface area (Å²) in [6.07, 6.45) is 4.30. The van der Waals surface area contributed by atoms with Gasteiger partial charge in [0.1, 0.15) is 29.1 Å². The van der Waals surface area contributed by atoms with E-state index in [0.29, 0.717) is 76.6 Å². The fourth-order valence-corrected chi connectivity index (χ4v) is 7.10. The Morgan fingerprint density at radius 3 is 2.27 bits per heavy atom. The summed E-state index contributed by atoms with van der Waals surface area (Å²) >= 11 is 0. The van der Waals surface area contributed by atoms with Gasteiger partial charge in [0.05, 0.1) is 43.1 Å². The molecule has 1 aromatic heterocycles. The number of nitrogens with zero attached hydrogens (tertiary/aromatic N) is 2. The fraction of sp³-hybridized carbons (Fsp3) is 0.302. The number of pyridine rings is 1. The highest BCUT2D eigenvalue weighted by atomic mass is 32.2. The van der Waals surface area contributed by atoms with Crippen LogP contribution in [-0.4, -0.2) is 76.5 Å². The number of unbranched alkanes of at least 4 members (excludes halogenated alkanes) is 1. The Labute approximate surface area is 349 Å². The van der Waals surface area contributed by atoms with Crippen molar-refractivity contribution in [1.82, 2.24) is 15.6 Å². The number of ether oxygens (including phenoxy) is 3. The zero-order valence-electron chi connectivity index (χ0n) is 34.6. The topological polar surface area (TPSA) is 224 Å². The molecule has 0 saturated carbocycles. The number of methoxy groups -OCH3 is 2. The summed E-state index contributed by atoms with van der Waals surface area (Å²) in [5, 5.41) is 19.3. The van der Waals surface area contributed by atoms with Gasteiger partial charge in [0, 0.05) is 41.3 Å². The molecule has 17 heteroatoms. The Morgan fingerprint density at radius 1 is 0.900 bits per heavy atom. The van der Waals surface area contributed by atoms with Crippen molar-refractivity contribution in [3.05, 3.63) is 96.2 Å². The highest BCUT2D eigenvalue weighted by Gasteiger charge is 2.28. The first kappa shape index (κ1) is 44.5. The molecule has 0 unspecified atom stereocenters. The molecule has 16 nitrogen and oxygen atoms in total. The van der Waals surface area contributed by atoms with Crippen LogP contribution in [0.1, 0.15) is 56.0 Å². The number of carbonyl (C=O) groups excluding carboxylic acids is 2. The van der Waals surface area contributed by atoms with Gasteiger partial charge in [-0.05, 0) is 79.8 Å². The van der Waals surface area contributed by atoms with Crippen molar-refractivity contribution in [3.8, 4) is 23.0 Å². The summed E-state index contributed by atoms with van der Waals surface area (Å²) in [5.41, 5.74) is 8.10. The van der Waals surface area contributed by atoms with E-state index in [2.05, 4.69) is 25.7 Å². The van der Waals surface area contributed by atoms with Gasteiger partial charge in [-0.3, -0.25) is 19.2 Å². The summed E-state index contributed by atoms with van der Waals surface area (Å²) in [6.45, 7) is 6.27. The van der Waals surface area contributed by atoms with E-state index in [9.17, 15) is 27.9 Å². The van der Waals surface area contributed by atoms with Gasteiger partial charge in [-0.2, -0.15) is 0 Å². The lowest BCUT2D eigenvalue weighted by Gasteiger charge is -2.29. The van der Waals surface area contributed by atoms with Crippen LogP contribution in [0.2, 0.25) is 0 Å². The summed E-state index contributed by atoms with van der Waals surface area (Å²) in [7, 11) is 0.728. The molecule has 0 fully saturated rings. The maximum absolute atomic E-state index is 13.4. The van der Waals surface area contributed by atoms with Gasteiger partial charge >= 0.3 is 12.0 Å². The SMILES string of the molecule is CN[C@@H](CCCCNC(=O)c1ccc(Nc2cc(Oc3ccc(N(C(N)=O)c4cc(C(C)(C)C)cc(NS(C)(=O)=O)c4OC)c4ccccc34)ccn2)cc1OC)C(=O)O. The van der Waals surface area contributed by atoms with Crippen LogP contribution in [0.5, 0.6) is 23.0 Å². The third-order valence-electron chi connectivity index (χ3n) is 9.53. The van der Waals surface area contributed by atoms with Crippen molar-refractivity contribution in [2.24, 2.45) is 5.73 Å². The predicted octanol–water partition coefficient (Wildman–Crippen LogP) is 7.25. The van der Waals surface area contributed by atoms with Gasteiger partial charge in [-0.25, -0.2) is 18.2 Å². The van der Waals surface area contributed by atoms with Crippen LogP contribution in [0.4, 0.5) is 33.4 Å². The van der Waals surface area contributed by atoms with Gasteiger partial charge in [-0.15, -0.1) is 0 Å². The number of hydrogen-bond acceptors (Lipinski definition) is 11. The number of fused-ring (bicyclic) bond motifs is 1. The molecule has 1 atom stereocenters. The second-order valence-electron chi connectivity index (χ2n) is 15.0. The van der Waals surface area contributed by atoms with E-state index < -0.39 is 33.5 Å². The monoisotopic (exact) mass is 841 g/mol. The van der Waals surface area contributed by atoms with Gasteiger partial charge in [-0.1, -0.05) is 45.0 Å². The molecule has 0 aliphatic heterocycles. The fourth-order valence-electron chi connectivity index (χ4n) is 6.55. The average molecular weight is 842 g/mol. The quantitative estimate of drug-likeness (QED) is 0.0480. The summed E-state index contributed by atoms with van der Waals surface area (Å²) in [5.74, 6) is 0.569. The van der Waals surface area contributed by atoms with Crippen molar-refractivity contribution >= 4 is 67.3 Å². The number of aliphatic carboxylic acids is 1. The summed E-state index contributed by atoms with van der Waals surface area (Å²) < 4.78 is 45.0. The molecule has 0 spiro atoms. The largest absolute Gasteiger partial charge is 0.496 e. The third kappa shape index (κ3) is 10.9. The Bertz CT molecular complexity index is 2490. The first-order valence-electron chi connectivity index (χ1n) is 19.0. The molecule has 1 heterocycles. The Balaban J connectivity index is 1.39. The van der Waals surface area contributed by atoms with Crippen LogP contribution >= 0.6 is 0 Å². The van der Waals surface area contributed by atoms with E-state index in [4.69, 9.17) is 19.9 Å². The molecule has 3 amide bonds. The van der Waals surface area contributed by atoms with E-state index in [0.717, 1.165) is 11.8 Å². The second-order valence-corrected chi connectivity index (χ2v) is 16.7. The number of rotatable bonds is 18. The lowest BCUT2D eigenvalue weighted by Crippen LogP contribution is -2.33. The minimum Gasteiger partial charge on any atom is -0.496 e. The molecule has 0 aliphatic rings. The number of hydrogen-bond donors (Lipinski definition) is 6. The molecule has 318 valence electrons. The number of carboxylic acid groups (broad SMARTS) is 1. The van der Waals surface area contributed by atoms with Gasteiger partial charge in [0.25, 0.3) is 5.91 Å². The lowest BCUT2D eigenvalue weighted by molar-refractivity contribution is -0.139. The summed E-state index contributed by atoms with van der Waals surface area (Å²) in [4.78, 5) is 43.3. The molecule has 60 heavy (non-hydrogen) atoms. The van der Waals surface area contributed by atoms with Gasteiger partial charge in [0.2, 0.25) is 10.0 Å². The van der Waals surface area contributed by atoms with Crippen LogP contribution < -0.4 is 45.5 Å². The first-order chi connectivity index (χ1) is 28.4. The number of sulfonamides is 1. The summed E-state index contributed by atoms with van der Waals surface area (Å²) in [6, 6.07) is 21.1. The van der Waals surface area contributed by atoms with Crippen molar-refractivity contribution in [3.63, 3.8) is 0 Å². The molecule has 7 N–H and O–H groups in total. The normalized spacial score (nSPS) is 12.0. The van der Waals surface area contributed by atoms with Gasteiger partial charge in [0.15, 0.2) is 5.75 Å². The lowest BCUT2D eigenvalue weighted by atomic mass is 9.86. The zero-order chi connectivity index (χ0) is 43.8. The number of nitrogens with one attached hydrogen (secondary N) is 4. The number of nitrogens with two attached hydrogens (primary N) is 1. The van der Waals surface area contributed by atoms with Crippen molar-refractivity contribution in [1.29, 1.82) is 0 Å². The van der Waals surface area contributed by atoms with Crippen molar-refractivity contribution in [2.75, 3.05) is 49.0 Å². The highest BCUT2D eigenvalue weighted by molar-refractivity contribution is 7.92. The molecular formula is C43H51N7O9S. The third-order valence-corrected chi connectivity index (χ3v) is 10.1. The van der Waals surface area contributed by atoms with Crippen LogP contribution in [0, 0.1) is 0 Å². The number of amides is 3. The highest BCUT2D eigenvalue weighted by Crippen LogP contribution is 2.46. The number of benzene rings is 4. The minimum absolute atomic E-state index is 0.105. The van der Waals surface area contributed by atoms with Crippen LogP contribution in [-0.2, 0) is 20.2 Å². The standard InChI is InChI=1S/C43H51N7O9S/c1-43(2,3)26-22-33(49-60(7,55)56)39(58-6)35(23-26)50(42(44)54)34-17-18-36(30-13-9-8-12-29(30)34)59-28-19-21-46-38(25-28)48-27-15-16-31(37(24-27)57-5)40(51)47-20-11-10-14-32(45-4)41(52)53/h8-9,12-13,15-19,21-25,32,45,49H,10-11,14,20H2,1-7H3,(H2,44,54)(H,46,48)(H,47,51)(H,52,53)/t32-/m0/s1. The number of carbonyl (C=O) groups is 3. The number of anilines is 5. The van der Waals surface area contributed by atoms with E-state index in [1.807, 2.05) is 45.0 Å². The average Bonchev–Trinajstić information content (AvgIpc) is 3.18. The molecule has 5 aromatic rings. The Morgan fingerprint density at radius 2 is 1.63 bits per heavy atom. The van der Waals surface area contributed by atoms with Gasteiger partial charge < -0.3 is 41.0 Å². The number of carboxylic acids is 1. The molecule has 4 aromatic carbocycles. The van der Waals surface area contributed by atoms with E-state index >= 15 is 0 Å². The van der Waals surface area contributed by atoms with Crippen molar-refractivity contribution in [2.45, 2.75) is 51.5 Å². The van der Waals surface area contributed by atoms with E-state index in [-0.39, 0.29) is 23.0 Å². The number of urea groups is 1. The van der Waals surface area contributed by atoms with E-state index in [1.165, 1.54) is 19.1 Å². The molecular weight excluding hydrogens is 791 g/mol. The Kier molecular flexibility index (Phi) is 14.1.